The summed E-state index contributed by atoms with van der Waals surface area (Å²) in [6, 6.07) is 8.01. The average Bonchev–Trinajstić information content (AvgIpc) is 2.39. The minimum atomic E-state index is 0.616. The van der Waals surface area contributed by atoms with Gasteiger partial charge in [-0.15, -0.1) is 0 Å². The summed E-state index contributed by atoms with van der Waals surface area (Å²) in [6.07, 6.45) is 3.81. The summed E-state index contributed by atoms with van der Waals surface area (Å²) in [4.78, 5) is 2.34. The first-order valence-corrected chi connectivity index (χ1v) is 5.68. The molecule has 1 aliphatic rings. The highest BCUT2D eigenvalue weighted by Gasteiger charge is 2.12. The van der Waals surface area contributed by atoms with Gasteiger partial charge in [-0.3, -0.25) is 0 Å². The van der Waals surface area contributed by atoms with Gasteiger partial charge in [-0.25, -0.2) is 0 Å². The quantitative estimate of drug-likeness (QED) is 0.762. The summed E-state index contributed by atoms with van der Waals surface area (Å²) < 4.78 is 5.14. The van der Waals surface area contributed by atoms with Crippen molar-refractivity contribution in [3.8, 4) is 11.8 Å². The molecule has 0 bridgehead atoms. The molecule has 1 heterocycles. The third kappa shape index (κ3) is 2.11. The molecule has 0 atom stereocenters. The Morgan fingerprint density at radius 2 is 2.00 bits per heavy atom. The summed E-state index contributed by atoms with van der Waals surface area (Å²) in [5.74, 6) is 0.656. The molecule has 2 rings (SSSR count). The van der Waals surface area contributed by atoms with Crippen molar-refractivity contribution in [2.45, 2.75) is 19.3 Å². The van der Waals surface area contributed by atoms with Crippen molar-refractivity contribution >= 4 is 5.69 Å². The highest BCUT2D eigenvalue weighted by Crippen LogP contribution is 2.26. The van der Waals surface area contributed by atoms with Crippen LogP contribution in [0.1, 0.15) is 24.8 Å². The van der Waals surface area contributed by atoms with E-state index in [0.29, 0.717) is 11.3 Å². The lowest BCUT2D eigenvalue weighted by atomic mass is 10.1. The lowest BCUT2D eigenvalue weighted by Gasteiger charge is -2.29. The molecule has 0 saturated carbocycles. The van der Waals surface area contributed by atoms with E-state index in [0.717, 1.165) is 18.8 Å². The molecule has 0 N–H and O–H groups in total. The van der Waals surface area contributed by atoms with Gasteiger partial charge >= 0.3 is 0 Å². The Bertz CT molecular complexity index is 403. The van der Waals surface area contributed by atoms with Crippen molar-refractivity contribution in [2.24, 2.45) is 0 Å². The zero-order chi connectivity index (χ0) is 11.4. The van der Waals surface area contributed by atoms with E-state index in [1.807, 2.05) is 18.2 Å². The van der Waals surface area contributed by atoms with Crippen LogP contribution in [0.2, 0.25) is 0 Å². The fourth-order valence-electron chi connectivity index (χ4n) is 2.13. The van der Waals surface area contributed by atoms with Gasteiger partial charge in [-0.05, 0) is 37.5 Å². The van der Waals surface area contributed by atoms with Gasteiger partial charge in [-0.2, -0.15) is 5.26 Å². The normalized spacial score (nSPS) is 15.6. The van der Waals surface area contributed by atoms with Crippen LogP contribution in [0.3, 0.4) is 0 Å². The minimum Gasteiger partial charge on any atom is -0.495 e. The van der Waals surface area contributed by atoms with Gasteiger partial charge in [0.05, 0.1) is 12.7 Å². The Morgan fingerprint density at radius 3 is 2.62 bits per heavy atom. The van der Waals surface area contributed by atoms with E-state index in [1.165, 1.54) is 19.3 Å². The predicted octanol–water partition coefficient (Wildman–Crippen LogP) is 2.56. The number of hydrogen-bond acceptors (Lipinski definition) is 3. The van der Waals surface area contributed by atoms with Crippen molar-refractivity contribution in [3.63, 3.8) is 0 Å². The number of nitriles is 1. The summed E-state index contributed by atoms with van der Waals surface area (Å²) in [7, 11) is 1.59. The lowest BCUT2D eigenvalue weighted by molar-refractivity contribution is 0.413. The molecule has 3 heteroatoms. The maximum atomic E-state index is 9.02. The van der Waals surface area contributed by atoms with Crippen LogP contribution in [0.5, 0.6) is 5.75 Å². The second kappa shape index (κ2) is 4.89. The number of rotatable bonds is 2. The molecular weight excluding hydrogens is 200 g/mol. The van der Waals surface area contributed by atoms with Crippen LogP contribution in [0.15, 0.2) is 18.2 Å². The molecule has 1 aliphatic heterocycles. The summed E-state index contributed by atoms with van der Waals surface area (Å²) >= 11 is 0. The van der Waals surface area contributed by atoms with Crippen LogP contribution < -0.4 is 9.64 Å². The molecule has 16 heavy (non-hydrogen) atoms. The molecule has 0 amide bonds. The molecule has 1 aromatic carbocycles. The number of piperidine rings is 1. The first-order valence-electron chi connectivity index (χ1n) is 5.68. The van der Waals surface area contributed by atoms with Crippen molar-refractivity contribution in [1.82, 2.24) is 0 Å². The maximum absolute atomic E-state index is 9.02. The third-order valence-electron chi connectivity index (χ3n) is 3.02. The van der Waals surface area contributed by atoms with E-state index in [1.54, 1.807) is 7.11 Å². The molecule has 0 aliphatic carbocycles. The van der Waals surface area contributed by atoms with Crippen LogP contribution in [0, 0.1) is 11.3 Å². The molecule has 0 radical (unpaired) electrons. The first kappa shape index (κ1) is 10.8. The van der Waals surface area contributed by atoms with Crippen molar-refractivity contribution in [3.05, 3.63) is 23.8 Å². The van der Waals surface area contributed by atoms with Gasteiger partial charge in [-0.1, -0.05) is 0 Å². The number of methoxy groups -OCH3 is 1. The third-order valence-corrected chi connectivity index (χ3v) is 3.02. The fourth-order valence-corrected chi connectivity index (χ4v) is 2.13. The summed E-state index contributed by atoms with van der Waals surface area (Å²) in [6.45, 7) is 2.19. The second-order valence-corrected chi connectivity index (χ2v) is 4.04. The monoisotopic (exact) mass is 216 g/mol. The van der Waals surface area contributed by atoms with Crippen LogP contribution in [0.25, 0.3) is 0 Å². The molecule has 1 aromatic rings. The molecule has 1 fully saturated rings. The van der Waals surface area contributed by atoms with Gasteiger partial charge in [0.15, 0.2) is 0 Å². The van der Waals surface area contributed by atoms with Crippen LogP contribution >= 0.6 is 0 Å². The van der Waals surface area contributed by atoms with Crippen molar-refractivity contribution < 1.29 is 4.74 Å². The number of anilines is 1. The number of hydrogen-bond donors (Lipinski definition) is 0. The van der Waals surface area contributed by atoms with Gasteiger partial charge in [0.2, 0.25) is 0 Å². The van der Waals surface area contributed by atoms with Gasteiger partial charge in [0.1, 0.15) is 11.8 Å². The first-order chi connectivity index (χ1) is 7.85. The van der Waals surface area contributed by atoms with Crippen LogP contribution in [-0.2, 0) is 0 Å². The standard InChI is InChI=1S/C13H16N2O/c1-16-13-6-5-12(9-11(13)10-14)15-7-3-2-4-8-15/h5-6,9H,2-4,7-8H2,1H3. The Labute approximate surface area is 96.2 Å². The predicted molar refractivity (Wildman–Crippen MR) is 63.8 cm³/mol. The van der Waals surface area contributed by atoms with E-state index in [9.17, 15) is 0 Å². The van der Waals surface area contributed by atoms with E-state index in [2.05, 4.69) is 11.0 Å². The summed E-state index contributed by atoms with van der Waals surface area (Å²) in [5.41, 5.74) is 1.75. The Balaban J connectivity index is 2.25. The molecule has 0 spiro atoms. The van der Waals surface area contributed by atoms with Gasteiger partial charge in [0.25, 0.3) is 0 Å². The molecule has 0 aromatic heterocycles. The van der Waals surface area contributed by atoms with Gasteiger partial charge in [0, 0.05) is 18.8 Å². The molecule has 84 valence electrons. The highest BCUT2D eigenvalue weighted by atomic mass is 16.5. The zero-order valence-corrected chi connectivity index (χ0v) is 9.57. The molecule has 0 unspecified atom stereocenters. The SMILES string of the molecule is COc1ccc(N2CCCCC2)cc1C#N. The lowest BCUT2D eigenvalue weighted by Crippen LogP contribution is -2.29. The second-order valence-electron chi connectivity index (χ2n) is 4.04. The Hall–Kier alpha value is -1.69. The number of ether oxygens (including phenoxy) is 1. The van der Waals surface area contributed by atoms with Crippen LogP contribution in [0.4, 0.5) is 5.69 Å². The van der Waals surface area contributed by atoms with E-state index in [4.69, 9.17) is 10.00 Å². The smallest absolute Gasteiger partial charge is 0.136 e. The minimum absolute atomic E-state index is 0.616. The number of benzene rings is 1. The number of nitrogens with zero attached hydrogens (tertiary/aromatic N) is 2. The molecule has 1 saturated heterocycles. The average molecular weight is 216 g/mol. The Kier molecular flexibility index (Phi) is 3.31. The van der Waals surface area contributed by atoms with E-state index in [-0.39, 0.29) is 0 Å². The summed E-state index contributed by atoms with van der Waals surface area (Å²) in [5, 5.41) is 9.02. The fraction of sp³-hybridized carbons (Fsp3) is 0.462. The largest absolute Gasteiger partial charge is 0.495 e. The maximum Gasteiger partial charge on any atom is 0.136 e. The zero-order valence-electron chi connectivity index (χ0n) is 9.57. The highest BCUT2D eigenvalue weighted by molar-refractivity contribution is 5.57. The Morgan fingerprint density at radius 1 is 1.25 bits per heavy atom. The topological polar surface area (TPSA) is 36.3 Å². The van der Waals surface area contributed by atoms with Crippen molar-refractivity contribution in [2.75, 3.05) is 25.1 Å². The molecular formula is C13H16N2O. The van der Waals surface area contributed by atoms with Gasteiger partial charge < -0.3 is 9.64 Å². The molecule has 3 nitrogen and oxygen atoms in total. The van der Waals surface area contributed by atoms with Crippen LogP contribution in [-0.4, -0.2) is 20.2 Å². The van der Waals surface area contributed by atoms with Crippen molar-refractivity contribution in [1.29, 1.82) is 5.26 Å². The van der Waals surface area contributed by atoms with E-state index >= 15 is 0 Å². The van der Waals surface area contributed by atoms with E-state index < -0.39 is 0 Å².